The van der Waals surface area contributed by atoms with Crippen LogP contribution >= 0.6 is 11.3 Å². The van der Waals surface area contributed by atoms with Gasteiger partial charge < -0.3 is 10.6 Å². The van der Waals surface area contributed by atoms with Crippen LogP contribution in [0, 0.1) is 0 Å². The first-order valence-electron chi connectivity index (χ1n) is 7.01. The molecule has 2 aromatic heterocycles. The molecular formula is C15H20N4S. The Morgan fingerprint density at radius 1 is 1.20 bits per heavy atom. The molecule has 0 bridgehead atoms. The van der Waals surface area contributed by atoms with Crippen LogP contribution in [-0.2, 0) is 6.42 Å². The summed E-state index contributed by atoms with van der Waals surface area (Å²) < 4.78 is 0. The smallest absolute Gasteiger partial charge is 0.0738 e. The fourth-order valence-electron chi connectivity index (χ4n) is 2.62. The number of hydrogen-bond acceptors (Lipinski definition) is 5. The summed E-state index contributed by atoms with van der Waals surface area (Å²) in [6, 6.07) is 4.23. The Labute approximate surface area is 123 Å². The van der Waals surface area contributed by atoms with Crippen LogP contribution in [0.1, 0.15) is 5.56 Å². The molecule has 0 aromatic carbocycles. The van der Waals surface area contributed by atoms with Crippen LogP contribution in [-0.4, -0.2) is 42.6 Å². The average molecular weight is 288 g/mol. The highest BCUT2D eigenvalue weighted by Gasteiger charge is 2.18. The SMILES string of the molecule is Nc1cnccc1N1CCN(CCc2ccsc2)CC1. The summed E-state index contributed by atoms with van der Waals surface area (Å²) in [7, 11) is 0. The maximum atomic E-state index is 5.99. The number of rotatable bonds is 4. The van der Waals surface area contributed by atoms with Gasteiger partial charge >= 0.3 is 0 Å². The summed E-state index contributed by atoms with van der Waals surface area (Å²) >= 11 is 1.78. The molecule has 0 unspecified atom stereocenters. The van der Waals surface area contributed by atoms with Gasteiger partial charge in [-0.3, -0.25) is 9.88 Å². The molecule has 0 spiro atoms. The first-order valence-corrected chi connectivity index (χ1v) is 7.95. The zero-order valence-electron chi connectivity index (χ0n) is 11.5. The van der Waals surface area contributed by atoms with E-state index in [2.05, 4.69) is 31.6 Å². The molecule has 0 aliphatic carbocycles. The molecule has 2 aromatic rings. The molecule has 0 atom stereocenters. The Morgan fingerprint density at radius 3 is 2.75 bits per heavy atom. The molecule has 3 heterocycles. The molecule has 1 aliphatic heterocycles. The fourth-order valence-corrected chi connectivity index (χ4v) is 3.32. The highest BCUT2D eigenvalue weighted by Crippen LogP contribution is 2.22. The summed E-state index contributed by atoms with van der Waals surface area (Å²) in [5, 5.41) is 4.40. The van der Waals surface area contributed by atoms with Crippen molar-refractivity contribution in [2.45, 2.75) is 6.42 Å². The lowest BCUT2D eigenvalue weighted by molar-refractivity contribution is 0.261. The molecule has 106 valence electrons. The molecule has 1 fully saturated rings. The Kier molecular flexibility index (Phi) is 4.18. The second kappa shape index (κ2) is 6.24. The predicted octanol–water partition coefficient (Wildman–Crippen LogP) is 2.09. The maximum Gasteiger partial charge on any atom is 0.0738 e. The van der Waals surface area contributed by atoms with Crippen molar-refractivity contribution in [2.75, 3.05) is 43.4 Å². The van der Waals surface area contributed by atoms with Crippen molar-refractivity contribution in [3.63, 3.8) is 0 Å². The summed E-state index contributed by atoms with van der Waals surface area (Å²) in [5.41, 5.74) is 9.35. The topological polar surface area (TPSA) is 45.4 Å². The normalized spacial score (nSPS) is 16.5. The van der Waals surface area contributed by atoms with Gasteiger partial charge in [-0.15, -0.1) is 0 Å². The van der Waals surface area contributed by atoms with Crippen LogP contribution in [0.3, 0.4) is 0 Å². The third kappa shape index (κ3) is 3.11. The van der Waals surface area contributed by atoms with Gasteiger partial charge in [-0.1, -0.05) is 0 Å². The molecular weight excluding hydrogens is 268 g/mol. The van der Waals surface area contributed by atoms with Gasteiger partial charge in [-0.25, -0.2) is 0 Å². The summed E-state index contributed by atoms with van der Waals surface area (Å²) in [5.74, 6) is 0. The second-order valence-corrected chi connectivity index (χ2v) is 5.92. The molecule has 0 saturated carbocycles. The van der Waals surface area contributed by atoms with Gasteiger partial charge in [0.15, 0.2) is 0 Å². The van der Waals surface area contributed by atoms with Crippen LogP contribution in [0.5, 0.6) is 0 Å². The van der Waals surface area contributed by atoms with Crippen molar-refractivity contribution in [2.24, 2.45) is 0 Å². The first-order chi connectivity index (χ1) is 9.83. The highest BCUT2D eigenvalue weighted by molar-refractivity contribution is 7.07. The van der Waals surface area contributed by atoms with Crippen molar-refractivity contribution in [1.29, 1.82) is 0 Å². The molecule has 3 rings (SSSR count). The number of aromatic nitrogens is 1. The van der Waals surface area contributed by atoms with E-state index < -0.39 is 0 Å². The Morgan fingerprint density at radius 2 is 2.05 bits per heavy atom. The number of nitrogen functional groups attached to an aromatic ring is 1. The van der Waals surface area contributed by atoms with E-state index in [0.29, 0.717) is 0 Å². The molecule has 0 radical (unpaired) electrons. The zero-order chi connectivity index (χ0) is 13.8. The number of nitrogens with two attached hydrogens (primary N) is 1. The molecule has 5 heteroatoms. The molecule has 1 saturated heterocycles. The highest BCUT2D eigenvalue weighted by atomic mass is 32.1. The standard InChI is InChI=1S/C15H20N4S/c16-14-11-17-4-1-15(14)19-8-6-18(7-9-19)5-2-13-3-10-20-12-13/h1,3-4,10-12H,2,5-9,16H2. The number of hydrogen-bond donors (Lipinski definition) is 1. The minimum absolute atomic E-state index is 0.777. The van der Waals surface area contributed by atoms with Gasteiger partial charge in [-0.05, 0) is 34.9 Å². The number of anilines is 2. The lowest BCUT2D eigenvalue weighted by Gasteiger charge is -2.36. The molecule has 4 nitrogen and oxygen atoms in total. The quantitative estimate of drug-likeness (QED) is 0.936. The summed E-state index contributed by atoms with van der Waals surface area (Å²) in [4.78, 5) is 8.94. The number of pyridine rings is 1. The second-order valence-electron chi connectivity index (χ2n) is 5.14. The van der Waals surface area contributed by atoms with E-state index in [9.17, 15) is 0 Å². The third-order valence-electron chi connectivity index (χ3n) is 3.84. The maximum absolute atomic E-state index is 5.99. The number of nitrogens with zero attached hydrogens (tertiary/aromatic N) is 3. The van der Waals surface area contributed by atoms with E-state index in [0.717, 1.165) is 50.5 Å². The Balaban J connectivity index is 1.51. The van der Waals surface area contributed by atoms with Crippen molar-refractivity contribution in [3.05, 3.63) is 40.8 Å². The van der Waals surface area contributed by atoms with Gasteiger partial charge in [0, 0.05) is 38.9 Å². The van der Waals surface area contributed by atoms with Crippen LogP contribution in [0.2, 0.25) is 0 Å². The largest absolute Gasteiger partial charge is 0.396 e. The van der Waals surface area contributed by atoms with E-state index >= 15 is 0 Å². The van der Waals surface area contributed by atoms with Crippen molar-refractivity contribution < 1.29 is 0 Å². The summed E-state index contributed by atoms with van der Waals surface area (Å²) in [6.45, 7) is 5.43. The van der Waals surface area contributed by atoms with E-state index in [4.69, 9.17) is 5.73 Å². The summed E-state index contributed by atoms with van der Waals surface area (Å²) in [6.07, 6.45) is 4.70. The average Bonchev–Trinajstić information content (AvgIpc) is 3.00. The van der Waals surface area contributed by atoms with E-state index in [-0.39, 0.29) is 0 Å². The fraction of sp³-hybridized carbons (Fsp3) is 0.400. The van der Waals surface area contributed by atoms with Crippen LogP contribution in [0.25, 0.3) is 0 Å². The van der Waals surface area contributed by atoms with E-state index in [1.165, 1.54) is 5.56 Å². The van der Waals surface area contributed by atoms with Gasteiger partial charge in [0.05, 0.1) is 17.6 Å². The lowest BCUT2D eigenvalue weighted by Crippen LogP contribution is -2.47. The Bertz CT molecular complexity index is 533. The van der Waals surface area contributed by atoms with Gasteiger partial charge in [-0.2, -0.15) is 11.3 Å². The third-order valence-corrected chi connectivity index (χ3v) is 4.57. The zero-order valence-corrected chi connectivity index (χ0v) is 12.4. The Hall–Kier alpha value is -1.59. The van der Waals surface area contributed by atoms with Gasteiger partial charge in [0.25, 0.3) is 0 Å². The van der Waals surface area contributed by atoms with Gasteiger partial charge in [0.2, 0.25) is 0 Å². The van der Waals surface area contributed by atoms with Crippen molar-refractivity contribution in [3.8, 4) is 0 Å². The van der Waals surface area contributed by atoms with E-state index in [1.54, 1.807) is 17.5 Å². The van der Waals surface area contributed by atoms with Gasteiger partial charge in [0.1, 0.15) is 0 Å². The van der Waals surface area contributed by atoms with Crippen LogP contribution in [0.4, 0.5) is 11.4 Å². The lowest BCUT2D eigenvalue weighted by atomic mass is 10.2. The van der Waals surface area contributed by atoms with Crippen molar-refractivity contribution in [1.82, 2.24) is 9.88 Å². The van der Waals surface area contributed by atoms with Crippen LogP contribution in [0.15, 0.2) is 35.3 Å². The minimum atomic E-state index is 0.777. The van der Waals surface area contributed by atoms with Crippen LogP contribution < -0.4 is 10.6 Å². The van der Waals surface area contributed by atoms with E-state index in [1.807, 2.05) is 12.3 Å². The number of piperazine rings is 1. The minimum Gasteiger partial charge on any atom is -0.396 e. The first kappa shape index (κ1) is 13.4. The predicted molar refractivity (Wildman–Crippen MR) is 85.3 cm³/mol. The molecule has 0 amide bonds. The molecule has 20 heavy (non-hydrogen) atoms. The molecule has 1 aliphatic rings. The molecule has 2 N–H and O–H groups in total. The van der Waals surface area contributed by atoms with Crippen molar-refractivity contribution >= 4 is 22.7 Å². The number of thiophene rings is 1. The monoisotopic (exact) mass is 288 g/mol.